The van der Waals surface area contributed by atoms with Gasteiger partial charge in [0.15, 0.2) is 10.9 Å². The summed E-state index contributed by atoms with van der Waals surface area (Å²) in [6.07, 6.45) is 2.01. The second-order valence-electron chi connectivity index (χ2n) is 5.01. The van der Waals surface area contributed by atoms with Crippen LogP contribution in [-0.2, 0) is 17.6 Å². The highest BCUT2D eigenvalue weighted by Crippen LogP contribution is 2.29. The summed E-state index contributed by atoms with van der Waals surface area (Å²) >= 11 is 4.29. The number of hydrogen-bond donors (Lipinski definition) is 1. The SMILES string of the molecule is O=C(Cc1cccc(Br)c1F)Nc1nc2c(s1)C(=O)CCC2. The lowest BCUT2D eigenvalue weighted by atomic mass is 10.0. The van der Waals surface area contributed by atoms with Crippen LogP contribution in [0.4, 0.5) is 9.52 Å². The zero-order valence-electron chi connectivity index (χ0n) is 11.5. The van der Waals surface area contributed by atoms with E-state index in [4.69, 9.17) is 0 Å². The molecule has 1 amide bonds. The van der Waals surface area contributed by atoms with Crippen LogP contribution in [0, 0.1) is 5.82 Å². The Balaban J connectivity index is 1.72. The summed E-state index contributed by atoms with van der Waals surface area (Å²) in [6.45, 7) is 0. The van der Waals surface area contributed by atoms with E-state index >= 15 is 0 Å². The monoisotopic (exact) mass is 382 g/mol. The maximum absolute atomic E-state index is 13.9. The van der Waals surface area contributed by atoms with E-state index in [0.29, 0.717) is 26.5 Å². The zero-order valence-corrected chi connectivity index (χ0v) is 13.9. The van der Waals surface area contributed by atoms with Crippen LogP contribution in [0.2, 0.25) is 0 Å². The molecule has 22 heavy (non-hydrogen) atoms. The Morgan fingerprint density at radius 2 is 2.23 bits per heavy atom. The Kier molecular flexibility index (Phi) is 4.35. The maximum Gasteiger partial charge on any atom is 0.230 e. The lowest BCUT2D eigenvalue weighted by molar-refractivity contribution is -0.115. The molecule has 0 aliphatic heterocycles. The van der Waals surface area contributed by atoms with E-state index in [1.165, 1.54) is 11.3 Å². The quantitative estimate of drug-likeness (QED) is 0.879. The third kappa shape index (κ3) is 3.10. The number of halogens is 2. The van der Waals surface area contributed by atoms with Crippen LogP contribution in [0.1, 0.15) is 33.8 Å². The number of carbonyl (C=O) groups excluding carboxylic acids is 2. The molecule has 0 atom stereocenters. The van der Waals surface area contributed by atoms with Gasteiger partial charge in [-0.15, -0.1) is 0 Å². The van der Waals surface area contributed by atoms with E-state index in [9.17, 15) is 14.0 Å². The van der Waals surface area contributed by atoms with Crippen molar-refractivity contribution in [1.82, 2.24) is 4.98 Å². The number of aromatic nitrogens is 1. The highest BCUT2D eigenvalue weighted by molar-refractivity contribution is 9.10. The van der Waals surface area contributed by atoms with E-state index in [-0.39, 0.29) is 18.1 Å². The minimum absolute atomic E-state index is 0.0799. The molecule has 0 saturated carbocycles. The van der Waals surface area contributed by atoms with Gasteiger partial charge in [0, 0.05) is 6.42 Å². The lowest BCUT2D eigenvalue weighted by Crippen LogP contribution is -2.15. The summed E-state index contributed by atoms with van der Waals surface area (Å²) in [6, 6.07) is 4.82. The van der Waals surface area contributed by atoms with Crippen molar-refractivity contribution in [2.45, 2.75) is 25.7 Å². The summed E-state index contributed by atoms with van der Waals surface area (Å²) in [5.41, 5.74) is 1.06. The fourth-order valence-electron chi connectivity index (χ4n) is 2.34. The van der Waals surface area contributed by atoms with Crippen molar-refractivity contribution in [2.75, 3.05) is 5.32 Å². The summed E-state index contributed by atoms with van der Waals surface area (Å²) in [7, 11) is 0. The standard InChI is InChI=1S/C15H12BrFN2O2S/c16-9-4-1-3-8(13(9)17)7-12(21)19-15-18-10-5-2-6-11(20)14(10)22-15/h1,3-4H,2,5-7H2,(H,18,19,21). The van der Waals surface area contributed by atoms with Gasteiger partial charge < -0.3 is 5.32 Å². The van der Waals surface area contributed by atoms with Crippen LogP contribution < -0.4 is 5.32 Å². The fourth-order valence-corrected chi connectivity index (χ4v) is 3.75. The van der Waals surface area contributed by atoms with E-state index < -0.39 is 5.82 Å². The maximum atomic E-state index is 13.9. The molecule has 7 heteroatoms. The number of rotatable bonds is 3. The molecule has 0 spiro atoms. The fraction of sp³-hybridized carbons (Fsp3) is 0.267. The molecule has 0 radical (unpaired) electrons. The number of hydrogen-bond acceptors (Lipinski definition) is 4. The van der Waals surface area contributed by atoms with Crippen LogP contribution in [0.25, 0.3) is 0 Å². The van der Waals surface area contributed by atoms with Crippen LogP contribution in [0.3, 0.4) is 0 Å². The van der Waals surface area contributed by atoms with Crippen LogP contribution >= 0.6 is 27.3 Å². The summed E-state index contributed by atoms with van der Waals surface area (Å²) in [4.78, 5) is 28.7. The van der Waals surface area contributed by atoms with E-state index in [0.717, 1.165) is 18.5 Å². The number of anilines is 1. The van der Waals surface area contributed by atoms with Gasteiger partial charge in [0.05, 0.1) is 21.5 Å². The molecule has 1 heterocycles. The number of aryl methyl sites for hydroxylation is 1. The molecule has 3 rings (SSSR count). The molecule has 1 aromatic heterocycles. The van der Waals surface area contributed by atoms with Gasteiger partial charge in [-0.05, 0) is 40.4 Å². The van der Waals surface area contributed by atoms with E-state index in [2.05, 4.69) is 26.2 Å². The normalized spacial score (nSPS) is 13.8. The number of ketones is 1. The molecule has 0 bridgehead atoms. The Hall–Kier alpha value is -1.60. The Labute approximate surface area is 138 Å². The first-order chi connectivity index (χ1) is 10.5. The van der Waals surface area contributed by atoms with Crippen molar-refractivity contribution >= 4 is 44.1 Å². The van der Waals surface area contributed by atoms with Gasteiger partial charge in [0.2, 0.25) is 5.91 Å². The largest absolute Gasteiger partial charge is 0.302 e. The number of nitrogens with zero attached hydrogens (tertiary/aromatic N) is 1. The van der Waals surface area contributed by atoms with Crippen LogP contribution in [-0.4, -0.2) is 16.7 Å². The van der Waals surface area contributed by atoms with Crippen molar-refractivity contribution in [1.29, 1.82) is 0 Å². The predicted octanol–water partition coefficient (Wildman–Crippen LogP) is 3.74. The van der Waals surface area contributed by atoms with Crippen molar-refractivity contribution in [2.24, 2.45) is 0 Å². The second kappa shape index (κ2) is 6.26. The van der Waals surface area contributed by atoms with E-state index in [1.807, 2.05) is 0 Å². The molecular formula is C15H12BrFN2O2S. The average molecular weight is 383 g/mol. The molecule has 114 valence electrons. The first-order valence-corrected chi connectivity index (χ1v) is 8.41. The highest BCUT2D eigenvalue weighted by atomic mass is 79.9. The molecule has 0 saturated heterocycles. The second-order valence-corrected chi connectivity index (χ2v) is 6.86. The van der Waals surface area contributed by atoms with Gasteiger partial charge in [-0.3, -0.25) is 9.59 Å². The molecular weight excluding hydrogens is 371 g/mol. The summed E-state index contributed by atoms with van der Waals surface area (Å²) < 4.78 is 14.2. The number of nitrogens with one attached hydrogen (secondary N) is 1. The van der Waals surface area contributed by atoms with Crippen molar-refractivity contribution in [3.8, 4) is 0 Å². The van der Waals surface area contributed by atoms with Crippen molar-refractivity contribution in [3.63, 3.8) is 0 Å². The number of fused-ring (bicyclic) bond motifs is 1. The minimum atomic E-state index is -0.439. The third-order valence-corrected chi connectivity index (χ3v) is 5.06. The zero-order chi connectivity index (χ0) is 15.7. The number of Topliss-reactive ketones (excluding diaryl/α,β-unsaturated/α-hetero) is 1. The molecule has 4 nitrogen and oxygen atoms in total. The van der Waals surface area contributed by atoms with Gasteiger partial charge in [-0.25, -0.2) is 9.37 Å². The highest BCUT2D eigenvalue weighted by Gasteiger charge is 2.23. The van der Waals surface area contributed by atoms with Crippen molar-refractivity contribution < 1.29 is 14.0 Å². The van der Waals surface area contributed by atoms with Crippen LogP contribution in [0.5, 0.6) is 0 Å². The average Bonchev–Trinajstić information content (AvgIpc) is 2.88. The molecule has 0 fully saturated rings. The molecule has 1 N–H and O–H groups in total. The van der Waals surface area contributed by atoms with E-state index in [1.54, 1.807) is 18.2 Å². The molecule has 1 aliphatic rings. The number of benzene rings is 1. The Morgan fingerprint density at radius 1 is 1.41 bits per heavy atom. The Morgan fingerprint density at radius 3 is 3.00 bits per heavy atom. The Bertz CT molecular complexity index is 760. The van der Waals surface area contributed by atoms with Crippen molar-refractivity contribution in [3.05, 3.63) is 44.6 Å². The van der Waals surface area contributed by atoms with Gasteiger partial charge in [-0.1, -0.05) is 23.5 Å². The number of carbonyl (C=O) groups is 2. The molecule has 2 aromatic rings. The summed E-state index contributed by atoms with van der Waals surface area (Å²) in [5, 5.41) is 3.05. The smallest absolute Gasteiger partial charge is 0.230 e. The van der Waals surface area contributed by atoms with Gasteiger partial charge in [-0.2, -0.15) is 0 Å². The topological polar surface area (TPSA) is 59.1 Å². The summed E-state index contributed by atoms with van der Waals surface area (Å²) in [5.74, 6) is -0.709. The molecule has 1 aliphatic carbocycles. The third-order valence-electron chi connectivity index (χ3n) is 3.40. The number of amides is 1. The number of thiazole rings is 1. The predicted molar refractivity (Wildman–Crippen MR) is 85.8 cm³/mol. The first kappa shape index (κ1) is 15.3. The lowest BCUT2D eigenvalue weighted by Gasteiger charge is -2.05. The van der Waals surface area contributed by atoms with Gasteiger partial charge >= 0.3 is 0 Å². The minimum Gasteiger partial charge on any atom is -0.302 e. The van der Waals surface area contributed by atoms with Crippen LogP contribution in [0.15, 0.2) is 22.7 Å². The molecule has 1 aromatic carbocycles. The van der Waals surface area contributed by atoms with Gasteiger partial charge in [0.1, 0.15) is 5.82 Å². The van der Waals surface area contributed by atoms with Gasteiger partial charge in [0.25, 0.3) is 0 Å². The molecule has 0 unspecified atom stereocenters. The first-order valence-electron chi connectivity index (χ1n) is 6.80.